The molecule has 1 fully saturated rings. The van der Waals surface area contributed by atoms with Gasteiger partial charge >= 0.3 is 0 Å². The van der Waals surface area contributed by atoms with Crippen molar-refractivity contribution in [3.05, 3.63) is 81.6 Å². The molecule has 0 N–H and O–H groups in total. The number of hydrogen-bond donors (Lipinski definition) is 0. The maximum atomic E-state index is 13.2. The second kappa shape index (κ2) is 7.16. The largest absolute Gasteiger partial charge is 0.343 e. The Labute approximate surface area is 170 Å². The minimum Gasteiger partial charge on any atom is -0.343 e. The van der Waals surface area contributed by atoms with Crippen molar-refractivity contribution < 1.29 is 4.79 Å². The highest BCUT2D eigenvalue weighted by Crippen LogP contribution is 2.31. The number of carbonyl (C=O) groups excluding carboxylic acids is 1. The van der Waals surface area contributed by atoms with E-state index in [1.807, 2.05) is 23.1 Å². The number of aromatic nitrogens is 1. The molecular weight excluding hydrogens is 362 g/mol. The first kappa shape index (κ1) is 18.1. The highest BCUT2D eigenvalue weighted by atomic mass is 16.2. The van der Waals surface area contributed by atoms with Gasteiger partial charge in [0, 0.05) is 50.3 Å². The average Bonchev–Trinajstić information content (AvgIpc) is 3.07. The first-order valence-electron chi connectivity index (χ1n) is 10.3. The highest BCUT2D eigenvalue weighted by molar-refractivity contribution is 5.98. The molecule has 3 heterocycles. The Hall–Kier alpha value is -2.92. The molecule has 0 aliphatic carbocycles. The molecule has 29 heavy (non-hydrogen) atoms. The van der Waals surface area contributed by atoms with Gasteiger partial charge in [0.05, 0.1) is 5.52 Å². The maximum Gasteiger partial charge on any atom is 0.259 e. The quantitative estimate of drug-likeness (QED) is 0.694. The van der Waals surface area contributed by atoms with Crippen LogP contribution in [0.5, 0.6) is 0 Å². The second-order valence-corrected chi connectivity index (χ2v) is 8.20. The molecule has 1 unspecified atom stereocenters. The van der Waals surface area contributed by atoms with E-state index < -0.39 is 0 Å². The molecule has 0 saturated carbocycles. The van der Waals surface area contributed by atoms with Gasteiger partial charge in [0.2, 0.25) is 5.43 Å². The molecule has 0 radical (unpaired) electrons. The zero-order valence-corrected chi connectivity index (χ0v) is 16.7. The number of amides is 1. The number of hydrogen-bond acceptors (Lipinski definition) is 3. The van der Waals surface area contributed by atoms with Crippen LogP contribution >= 0.6 is 0 Å². The molecule has 1 aromatic heterocycles. The van der Waals surface area contributed by atoms with E-state index in [-0.39, 0.29) is 17.4 Å². The Morgan fingerprint density at radius 3 is 2.52 bits per heavy atom. The van der Waals surface area contributed by atoms with E-state index in [1.54, 1.807) is 6.20 Å². The summed E-state index contributed by atoms with van der Waals surface area (Å²) in [7, 11) is 0. The molecule has 1 atom stereocenters. The van der Waals surface area contributed by atoms with Crippen LogP contribution in [0.1, 0.15) is 34.5 Å². The van der Waals surface area contributed by atoms with Gasteiger partial charge in [-0.25, -0.2) is 0 Å². The summed E-state index contributed by atoms with van der Waals surface area (Å²) in [4.78, 5) is 30.5. The molecular formula is C24H25N3O2. The van der Waals surface area contributed by atoms with Crippen LogP contribution in [-0.2, 0) is 13.0 Å². The van der Waals surface area contributed by atoms with E-state index in [1.165, 1.54) is 11.1 Å². The molecule has 2 aliphatic rings. The lowest BCUT2D eigenvalue weighted by atomic mass is 10.1. The van der Waals surface area contributed by atoms with Gasteiger partial charge in [0.1, 0.15) is 5.56 Å². The number of rotatable bonds is 3. The number of pyridine rings is 1. The van der Waals surface area contributed by atoms with Crippen molar-refractivity contribution in [2.45, 2.75) is 25.9 Å². The molecule has 1 amide bonds. The van der Waals surface area contributed by atoms with E-state index in [0.29, 0.717) is 24.0 Å². The summed E-state index contributed by atoms with van der Waals surface area (Å²) in [5.74, 6) is -0.135. The first-order chi connectivity index (χ1) is 14.1. The van der Waals surface area contributed by atoms with E-state index in [0.717, 1.165) is 31.6 Å². The topological polar surface area (TPSA) is 45.6 Å². The summed E-state index contributed by atoms with van der Waals surface area (Å²) in [6.07, 6.45) is 2.71. The van der Waals surface area contributed by atoms with E-state index in [4.69, 9.17) is 0 Å². The molecule has 3 aromatic rings. The Balaban J connectivity index is 1.37. The molecule has 1 saturated heterocycles. The number of benzene rings is 2. The minimum atomic E-state index is -0.135. The lowest BCUT2D eigenvalue weighted by molar-refractivity contribution is 0.0626. The summed E-state index contributed by atoms with van der Waals surface area (Å²) in [5.41, 5.74) is 3.64. The highest BCUT2D eigenvalue weighted by Gasteiger charge is 2.28. The number of para-hydroxylation sites is 1. The fourth-order valence-corrected chi connectivity index (χ4v) is 4.69. The van der Waals surface area contributed by atoms with E-state index in [9.17, 15) is 9.59 Å². The van der Waals surface area contributed by atoms with Crippen LogP contribution in [0.2, 0.25) is 0 Å². The summed E-state index contributed by atoms with van der Waals surface area (Å²) < 4.78 is 2.12. The summed E-state index contributed by atoms with van der Waals surface area (Å²) in [5, 5.41) is 0.667. The molecule has 2 aliphatic heterocycles. The van der Waals surface area contributed by atoms with Crippen LogP contribution in [-0.4, -0.2) is 46.5 Å². The summed E-state index contributed by atoms with van der Waals surface area (Å²) in [6.45, 7) is 5.98. The molecule has 2 aromatic carbocycles. The number of carbonyl (C=O) groups is 1. The van der Waals surface area contributed by atoms with Gasteiger partial charge in [-0.05, 0) is 30.5 Å². The van der Waals surface area contributed by atoms with Crippen molar-refractivity contribution in [1.82, 2.24) is 14.4 Å². The zero-order valence-electron chi connectivity index (χ0n) is 16.7. The van der Waals surface area contributed by atoms with Crippen LogP contribution in [0.15, 0.2) is 59.5 Å². The third kappa shape index (κ3) is 3.15. The third-order valence-corrected chi connectivity index (χ3v) is 6.26. The Bertz CT molecular complexity index is 1130. The van der Waals surface area contributed by atoms with Gasteiger partial charge in [-0.2, -0.15) is 0 Å². The predicted molar refractivity (Wildman–Crippen MR) is 114 cm³/mol. The second-order valence-electron chi connectivity index (χ2n) is 8.20. The number of nitrogens with zero attached hydrogens (tertiary/aromatic N) is 3. The smallest absolute Gasteiger partial charge is 0.259 e. The van der Waals surface area contributed by atoms with Crippen LogP contribution in [0, 0.1) is 0 Å². The van der Waals surface area contributed by atoms with Gasteiger partial charge in [0.15, 0.2) is 0 Å². The van der Waals surface area contributed by atoms with Crippen LogP contribution < -0.4 is 5.43 Å². The van der Waals surface area contributed by atoms with Gasteiger partial charge in [0.25, 0.3) is 5.91 Å². The van der Waals surface area contributed by atoms with Crippen molar-refractivity contribution in [3.8, 4) is 0 Å². The Morgan fingerprint density at radius 2 is 1.76 bits per heavy atom. The van der Waals surface area contributed by atoms with Crippen molar-refractivity contribution in [2.75, 3.05) is 26.2 Å². The molecule has 5 nitrogen and oxygen atoms in total. The fraction of sp³-hybridized carbons (Fsp3) is 0.333. The van der Waals surface area contributed by atoms with Gasteiger partial charge < -0.3 is 9.47 Å². The summed E-state index contributed by atoms with van der Waals surface area (Å²) >= 11 is 0. The monoisotopic (exact) mass is 387 g/mol. The number of piperazine rings is 1. The molecule has 5 heteroatoms. The van der Waals surface area contributed by atoms with Crippen molar-refractivity contribution >= 4 is 16.8 Å². The van der Waals surface area contributed by atoms with Crippen LogP contribution in [0.3, 0.4) is 0 Å². The van der Waals surface area contributed by atoms with Crippen LogP contribution in [0.25, 0.3) is 10.9 Å². The Morgan fingerprint density at radius 1 is 1.00 bits per heavy atom. The molecule has 148 valence electrons. The lowest BCUT2D eigenvalue weighted by Gasteiger charge is -2.34. The minimum absolute atomic E-state index is 0.135. The normalized spacial score (nSPS) is 19.1. The van der Waals surface area contributed by atoms with Crippen LogP contribution in [0.4, 0.5) is 0 Å². The lowest BCUT2D eigenvalue weighted by Crippen LogP contribution is -2.49. The van der Waals surface area contributed by atoms with Gasteiger partial charge in [-0.1, -0.05) is 42.5 Å². The molecule has 0 bridgehead atoms. The molecule has 0 spiro atoms. The van der Waals surface area contributed by atoms with Crippen molar-refractivity contribution in [2.24, 2.45) is 0 Å². The SMILES string of the molecule is CC1Cc2cccc3c(=O)c(C(=O)N4CCN(Cc5ccccc5)CC4)cn1c23. The van der Waals surface area contributed by atoms with E-state index in [2.05, 4.69) is 46.7 Å². The fourth-order valence-electron chi connectivity index (χ4n) is 4.69. The van der Waals surface area contributed by atoms with Crippen molar-refractivity contribution in [3.63, 3.8) is 0 Å². The first-order valence-corrected chi connectivity index (χ1v) is 10.3. The van der Waals surface area contributed by atoms with E-state index >= 15 is 0 Å². The Kier molecular flexibility index (Phi) is 4.47. The predicted octanol–water partition coefficient (Wildman–Crippen LogP) is 3.08. The van der Waals surface area contributed by atoms with Gasteiger partial charge in [-0.15, -0.1) is 0 Å². The molecule has 5 rings (SSSR count). The average molecular weight is 387 g/mol. The standard InChI is InChI=1S/C24H25N3O2/c1-17-14-19-8-5-9-20-22(19)27(17)16-21(23(20)28)24(29)26-12-10-25(11-13-26)15-18-6-3-2-4-7-18/h2-9,16-17H,10-15H2,1H3. The summed E-state index contributed by atoms with van der Waals surface area (Å²) in [6, 6.07) is 16.5. The van der Waals surface area contributed by atoms with Gasteiger partial charge in [-0.3, -0.25) is 14.5 Å². The third-order valence-electron chi connectivity index (χ3n) is 6.26. The van der Waals surface area contributed by atoms with Crippen molar-refractivity contribution in [1.29, 1.82) is 0 Å². The zero-order chi connectivity index (χ0) is 20.0. The maximum absolute atomic E-state index is 13.2.